The van der Waals surface area contributed by atoms with E-state index in [0.717, 1.165) is 43.3 Å². The van der Waals surface area contributed by atoms with E-state index in [9.17, 15) is 4.79 Å². The van der Waals surface area contributed by atoms with Crippen LogP contribution >= 0.6 is 11.3 Å². The Morgan fingerprint density at radius 1 is 1.50 bits per heavy atom. The molecular weight excluding hydrogens is 272 g/mol. The zero-order valence-corrected chi connectivity index (χ0v) is 13.3. The van der Waals surface area contributed by atoms with Gasteiger partial charge in [-0.05, 0) is 20.8 Å². The summed E-state index contributed by atoms with van der Waals surface area (Å²) in [4.78, 5) is 19.0. The molecule has 1 saturated heterocycles. The molecule has 1 aromatic rings. The normalized spacial score (nSPS) is 17.1. The molecule has 1 amide bonds. The van der Waals surface area contributed by atoms with Crippen molar-refractivity contribution in [1.29, 1.82) is 0 Å². The molecule has 1 fully saturated rings. The van der Waals surface area contributed by atoms with E-state index < -0.39 is 5.54 Å². The molecular formula is C14H24N4OS. The maximum absolute atomic E-state index is 12.4. The largest absolute Gasteiger partial charge is 0.354 e. The molecule has 1 aliphatic heterocycles. The third-order valence-electron chi connectivity index (χ3n) is 3.80. The van der Waals surface area contributed by atoms with Crippen molar-refractivity contribution in [2.75, 3.05) is 32.7 Å². The number of piperazine rings is 1. The molecule has 1 aliphatic rings. The Balaban J connectivity index is 1.80. The zero-order chi connectivity index (χ0) is 14.6. The first-order valence-electron chi connectivity index (χ1n) is 7.15. The van der Waals surface area contributed by atoms with Crippen LogP contribution in [0.5, 0.6) is 0 Å². The molecule has 0 unspecified atom stereocenters. The van der Waals surface area contributed by atoms with E-state index in [1.165, 1.54) is 0 Å². The quantitative estimate of drug-likeness (QED) is 0.844. The monoisotopic (exact) mass is 296 g/mol. The minimum absolute atomic E-state index is 0.103. The predicted octanol–water partition coefficient (Wildman–Crippen LogP) is 0.794. The summed E-state index contributed by atoms with van der Waals surface area (Å²) in [5.41, 5.74) is 0.618. The van der Waals surface area contributed by atoms with Gasteiger partial charge in [-0.25, -0.2) is 4.98 Å². The Morgan fingerprint density at radius 3 is 2.80 bits per heavy atom. The highest BCUT2D eigenvalue weighted by Crippen LogP contribution is 2.15. The molecule has 6 heteroatoms. The van der Waals surface area contributed by atoms with Crippen LogP contribution in [0.3, 0.4) is 0 Å². The Kier molecular flexibility index (Phi) is 5.12. The first kappa shape index (κ1) is 15.4. The van der Waals surface area contributed by atoms with Crippen LogP contribution in [0.25, 0.3) is 0 Å². The second-order valence-corrected chi connectivity index (χ2v) is 6.72. The van der Waals surface area contributed by atoms with Crippen molar-refractivity contribution in [2.45, 2.75) is 32.7 Å². The van der Waals surface area contributed by atoms with Gasteiger partial charge in [-0.1, -0.05) is 0 Å². The summed E-state index contributed by atoms with van der Waals surface area (Å²) in [6, 6.07) is 0. The van der Waals surface area contributed by atoms with Gasteiger partial charge in [-0.15, -0.1) is 11.3 Å². The first-order valence-corrected chi connectivity index (χ1v) is 8.03. The van der Waals surface area contributed by atoms with Crippen molar-refractivity contribution in [3.05, 3.63) is 16.1 Å². The van der Waals surface area contributed by atoms with Crippen LogP contribution in [0.2, 0.25) is 0 Å². The van der Waals surface area contributed by atoms with Gasteiger partial charge in [0.1, 0.15) is 0 Å². The van der Waals surface area contributed by atoms with Gasteiger partial charge in [0.15, 0.2) is 0 Å². The van der Waals surface area contributed by atoms with Crippen LogP contribution in [0.1, 0.15) is 24.5 Å². The van der Waals surface area contributed by atoms with Crippen LogP contribution in [-0.2, 0) is 11.2 Å². The SMILES string of the molecule is Cc1nc(CCNC(=O)C(C)(C)N2CCNCC2)cs1. The molecule has 5 nitrogen and oxygen atoms in total. The Hall–Kier alpha value is -0.980. The van der Waals surface area contributed by atoms with Crippen LogP contribution in [0.15, 0.2) is 5.38 Å². The lowest BCUT2D eigenvalue weighted by Gasteiger charge is -2.39. The summed E-state index contributed by atoms with van der Waals surface area (Å²) in [5.74, 6) is 0.103. The van der Waals surface area contributed by atoms with Crippen molar-refractivity contribution in [1.82, 2.24) is 20.5 Å². The molecule has 2 heterocycles. The number of hydrogen-bond donors (Lipinski definition) is 2. The standard InChI is InChI=1S/C14H24N4OS/c1-11-17-12(10-20-11)4-5-16-13(19)14(2,3)18-8-6-15-7-9-18/h10,15H,4-9H2,1-3H3,(H,16,19). The molecule has 0 aromatic carbocycles. The lowest BCUT2D eigenvalue weighted by atomic mass is 10.0. The average Bonchev–Trinajstić information content (AvgIpc) is 2.85. The number of rotatable bonds is 5. The van der Waals surface area contributed by atoms with Crippen LogP contribution in [0, 0.1) is 6.92 Å². The average molecular weight is 296 g/mol. The second kappa shape index (κ2) is 6.65. The molecule has 0 bridgehead atoms. The van der Waals surface area contributed by atoms with Crippen molar-refractivity contribution in [3.63, 3.8) is 0 Å². The highest BCUT2D eigenvalue weighted by Gasteiger charge is 2.34. The number of thiazole rings is 1. The molecule has 0 saturated carbocycles. The Bertz CT molecular complexity index is 452. The Morgan fingerprint density at radius 2 is 2.20 bits per heavy atom. The lowest BCUT2D eigenvalue weighted by molar-refractivity contribution is -0.132. The molecule has 0 atom stereocenters. The molecule has 2 rings (SSSR count). The molecule has 0 aliphatic carbocycles. The number of aryl methyl sites for hydroxylation is 1. The van der Waals surface area contributed by atoms with Crippen molar-refractivity contribution in [2.24, 2.45) is 0 Å². The van der Waals surface area contributed by atoms with E-state index in [-0.39, 0.29) is 5.91 Å². The molecule has 20 heavy (non-hydrogen) atoms. The maximum Gasteiger partial charge on any atom is 0.239 e. The van der Waals surface area contributed by atoms with E-state index in [2.05, 4.69) is 25.9 Å². The van der Waals surface area contributed by atoms with Gasteiger partial charge in [0.25, 0.3) is 0 Å². The molecule has 0 spiro atoms. The fraction of sp³-hybridized carbons (Fsp3) is 0.714. The van der Waals surface area contributed by atoms with Crippen molar-refractivity contribution in [3.8, 4) is 0 Å². The number of hydrogen-bond acceptors (Lipinski definition) is 5. The van der Waals surface area contributed by atoms with Crippen LogP contribution < -0.4 is 10.6 Å². The highest BCUT2D eigenvalue weighted by molar-refractivity contribution is 7.09. The fourth-order valence-electron chi connectivity index (χ4n) is 2.41. The third-order valence-corrected chi connectivity index (χ3v) is 4.62. The molecule has 1 aromatic heterocycles. The molecule has 112 valence electrons. The van der Waals surface area contributed by atoms with E-state index in [4.69, 9.17) is 0 Å². The highest BCUT2D eigenvalue weighted by atomic mass is 32.1. The lowest BCUT2D eigenvalue weighted by Crippen LogP contribution is -2.60. The van der Waals surface area contributed by atoms with E-state index in [1.807, 2.05) is 20.8 Å². The summed E-state index contributed by atoms with van der Waals surface area (Å²) < 4.78 is 0. The predicted molar refractivity (Wildman–Crippen MR) is 82.1 cm³/mol. The fourth-order valence-corrected chi connectivity index (χ4v) is 3.06. The number of carbonyl (C=O) groups excluding carboxylic acids is 1. The number of aromatic nitrogens is 1. The smallest absolute Gasteiger partial charge is 0.239 e. The molecule has 0 radical (unpaired) electrons. The van der Waals surface area contributed by atoms with Gasteiger partial charge in [-0.2, -0.15) is 0 Å². The Labute approximate surface area is 124 Å². The summed E-state index contributed by atoms with van der Waals surface area (Å²) in [7, 11) is 0. The number of nitrogens with one attached hydrogen (secondary N) is 2. The van der Waals surface area contributed by atoms with Gasteiger partial charge in [0.2, 0.25) is 5.91 Å². The van der Waals surface area contributed by atoms with Crippen molar-refractivity contribution >= 4 is 17.2 Å². The van der Waals surface area contributed by atoms with Crippen LogP contribution in [0.4, 0.5) is 0 Å². The summed E-state index contributed by atoms with van der Waals surface area (Å²) in [5, 5.41) is 9.49. The first-order chi connectivity index (χ1) is 9.50. The number of amides is 1. The summed E-state index contributed by atoms with van der Waals surface area (Å²) in [6.07, 6.45) is 0.799. The van der Waals surface area contributed by atoms with Crippen molar-refractivity contribution < 1.29 is 4.79 Å². The van der Waals surface area contributed by atoms with Gasteiger partial charge in [0.05, 0.1) is 16.2 Å². The van der Waals surface area contributed by atoms with Gasteiger partial charge in [-0.3, -0.25) is 9.69 Å². The zero-order valence-electron chi connectivity index (χ0n) is 12.5. The van der Waals surface area contributed by atoms with Gasteiger partial charge in [0, 0.05) is 44.5 Å². The minimum atomic E-state index is -0.444. The van der Waals surface area contributed by atoms with Gasteiger partial charge < -0.3 is 10.6 Å². The number of carbonyl (C=O) groups is 1. The van der Waals surface area contributed by atoms with Crippen LogP contribution in [-0.4, -0.2) is 54.1 Å². The number of nitrogens with zero attached hydrogens (tertiary/aromatic N) is 2. The third kappa shape index (κ3) is 3.77. The maximum atomic E-state index is 12.4. The van der Waals surface area contributed by atoms with E-state index >= 15 is 0 Å². The second-order valence-electron chi connectivity index (χ2n) is 5.66. The van der Waals surface area contributed by atoms with Gasteiger partial charge >= 0.3 is 0 Å². The minimum Gasteiger partial charge on any atom is -0.354 e. The van der Waals surface area contributed by atoms with E-state index in [1.54, 1.807) is 11.3 Å². The van der Waals surface area contributed by atoms with E-state index in [0.29, 0.717) is 6.54 Å². The summed E-state index contributed by atoms with van der Waals surface area (Å²) in [6.45, 7) is 10.4. The topological polar surface area (TPSA) is 57.3 Å². The summed E-state index contributed by atoms with van der Waals surface area (Å²) >= 11 is 1.65. The molecule has 2 N–H and O–H groups in total.